The molecule has 3 heterocycles. The van der Waals surface area contributed by atoms with Crippen molar-refractivity contribution >= 4 is 6.03 Å². The Labute approximate surface area is 158 Å². The lowest BCUT2D eigenvalue weighted by Crippen LogP contribution is -2.37. The Morgan fingerprint density at radius 1 is 1.30 bits per heavy atom. The molecule has 0 aromatic carbocycles. The van der Waals surface area contributed by atoms with Crippen molar-refractivity contribution in [2.75, 3.05) is 13.6 Å². The second-order valence-corrected chi connectivity index (χ2v) is 6.49. The summed E-state index contributed by atoms with van der Waals surface area (Å²) < 4.78 is 5.27. The molecule has 8 nitrogen and oxygen atoms in total. The zero-order valence-electron chi connectivity index (χ0n) is 15.8. The zero-order valence-corrected chi connectivity index (χ0v) is 15.8. The van der Waals surface area contributed by atoms with Crippen molar-refractivity contribution in [2.24, 2.45) is 0 Å². The van der Waals surface area contributed by atoms with Gasteiger partial charge >= 0.3 is 6.03 Å². The Morgan fingerprint density at radius 3 is 2.85 bits per heavy atom. The average molecular weight is 368 g/mol. The van der Waals surface area contributed by atoms with Crippen molar-refractivity contribution in [3.8, 4) is 11.4 Å². The summed E-state index contributed by atoms with van der Waals surface area (Å²) in [6.45, 7) is 4.95. The second kappa shape index (κ2) is 8.48. The number of pyridine rings is 1. The number of hydrogen-bond donors (Lipinski definition) is 2. The molecule has 142 valence electrons. The summed E-state index contributed by atoms with van der Waals surface area (Å²) in [7, 11) is 1.78. The number of amides is 2. The summed E-state index contributed by atoms with van der Waals surface area (Å²) >= 11 is 0. The number of nitrogens with one attached hydrogen (secondary N) is 2. The average Bonchev–Trinajstić information content (AvgIpc) is 3.28. The summed E-state index contributed by atoms with van der Waals surface area (Å²) in [6.07, 6.45) is 3.46. The molecule has 0 saturated heterocycles. The molecule has 3 rings (SSSR count). The first-order chi connectivity index (χ1) is 13.0. The van der Waals surface area contributed by atoms with Crippen LogP contribution in [0, 0.1) is 13.8 Å². The number of urea groups is 1. The van der Waals surface area contributed by atoms with E-state index in [9.17, 15) is 4.79 Å². The van der Waals surface area contributed by atoms with Crippen LogP contribution in [-0.2, 0) is 13.0 Å². The maximum atomic E-state index is 12.2. The Bertz CT molecular complexity index is 867. The van der Waals surface area contributed by atoms with Gasteiger partial charge in [-0.15, -0.1) is 0 Å². The fourth-order valence-corrected chi connectivity index (χ4v) is 2.87. The summed E-state index contributed by atoms with van der Waals surface area (Å²) in [5.74, 6) is 0.585. The van der Waals surface area contributed by atoms with Gasteiger partial charge in [0.15, 0.2) is 5.76 Å². The number of carbonyl (C=O) groups excluding carboxylic acids is 1. The predicted octanol–water partition coefficient (Wildman–Crippen LogP) is 2.85. The van der Waals surface area contributed by atoms with Crippen LogP contribution in [0.1, 0.15) is 29.1 Å². The number of aromatic amines is 1. The van der Waals surface area contributed by atoms with Crippen LogP contribution in [0.2, 0.25) is 0 Å². The van der Waals surface area contributed by atoms with Crippen LogP contribution in [0.3, 0.4) is 0 Å². The molecule has 0 bridgehead atoms. The first-order valence-electron chi connectivity index (χ1n) is 8.91. The van der Waals surface area contributed by atoms with Crippen LogP contribution in [-0.4, -0.2) is 44.9 Å². The molecule has 2 amide bonds. The van der Waals surface area contributed by atoms with Gasteiger partial charge in [-0.1, -0.05) is 11.2 Å². The van der Waals surface area contributed by atoms with Gasteiger partial charge in [0, 0.05) is 31.5 Å². The minimum Gasteiger partial charge on any atom is -0.359 e. The molecule has 3 aromatic rings. The first kappa shape index (κ1) is 18.6. The Morgan fingerprint density at radius 2 is 2.15 bits per heavy atom. The van der Waals surface area contributed by atoms with Gasteiger partial charge < -0.3 is 14.7 Å². The van der Waals surface area contributed by atoms with Crippen LogP contribution in [0.5, 0.6) is 0 Å². The first-order valence-corrected chi connectivity index (χ1v) is 8.91. The third-order valence-corrected chi connectivity index (χ3v) is 4.45. The number of rotatable bonds is 7. The van der Waals surface area contributed by atoms with Gasteiger partial charge in [-0.05, 0) is 44.4 Å². The number of aryl methyl sites for hydroxylation is 2. The lowest BCUT2D eigenvalue weighted by molar-refractivity contribution is 0.206. The van der Waals surface area contributed by atoms with Gasteiger partial charge in [0.1, 0.15) is 5.69 Å². The standard InChI is InChI=1S/C19H24N6O2/c1-13-16(14(2)23-22-13)7-6-10-25(3)19(26)21-12-15-11-18(24-27-15)17-8-4-5-9-20-17/h4-5,8-9,11H,6-7,10,12H2,1-3H3,(H,21,26)(H,22,23). The minimum absolute atomic E-state index is 0.147. The molecule has 0 unspecified atom stereocenters. The normalized spacial score (nSPS) is 10.8. The van der Waals surface area contributed by atoms with Crippen molar-refractivity contribution in [2.45, 2.75) is 33.2 Å². The summed E-state index contributed by atoms with van der Waals surface area (Å²) in [5.41, 5.74) is 4.73. The zero-order chi connectivity index (χ0) is 19.2. The molecule has 0 aliphatic rings. The quantitative estimate of drug-likeness (QED) is 0.668. The van der Waals surface area contributed by atoms with Crippen LogP contribution in [0.15, 0.2) is 35.0 Å². The third kappa shape index (κ3) is 4.72. The highest BCUT2D eigenvalue weighted by molar-refractivity contribution is 5.73. The van der Waals surface area contributed by atoms with Crippen LogP contribution in [0.25, 0.3) is 11.4 Å². The fourth-order valence-electron chi connectivity index (χ4n) is 2.87. The molecule has 0 saturated carbocycles. The lowest BCUT2D eigenvalue weighted by atomic mass is 10.1. The molecule has 0 aliphatic heterocycles. The molecule has 2 N–H and O–H groups in total. The van der Waals surface area contributed by atoms with Gasteiger partial charge in [-0.3, -0.25) is 10.1 Å². The van der Waals surface area contributed by atoms with E-state index in [2.05, 4.69) is 25.7 Å². The second-order valence-electron chi connectivity index (χ2n) is 6.49. The fraction of sp³-hybridized carbons (Fsp3) is 0.368. The molecule has 0 aliphatic carbocycles. The van der Waals surface area contributed by atoms with Gasteiger partial charge in [0.05, 0.1) is 17.9 Å². The topological polar surface area (TPSA) is 99.9 Å². The Balaban J connectivity index is 1.44. The predicted molar refractivity (Wildman–Crippen MR) is 101 cm³/mol. The number of nitrogens with zero attached hydrogens (tertiary/aromatic N) is 4. The van der Waals surface area contributed by atoms with Crippen molar-refractivity contribution in [3.63, 3.8) is 0 Å². The van der Waals surface area contributed by atoms with Gasteiger partial charge in [-0.2, -0.15) is 5.10 Å². The molecular formula is C19H24N6O2. The van der Waals surface area contributed by atoms with E-state index in [1.54, 1.807) is 24.2 Å². The van der Waals surface area contributed by atoms with Gasteiger partial charge in [0.2, 0.25) is 0 Å². The number of aromatic nitrogens is 4. The molecule has 0 spiro atoms. The Hall–Kier alpha value is -3.16. The minimum atomic E-state index is -0.147. The maximum absolute atomic E-state index is 12.2. The summed E-state index contributed by atoms with van der Waals surface area (Å²) in [6, 6.07) is 7.23. The largest absolute Gasteiger partial charge is 0.359 e. The number of carbonyl (C=O) groups is 1. The van der Waals surface area contributed by atoms with Gasteiger partial charge in [0.25, 0.3) is 0 Å². The highest BCUT2D eigenvalue weighted by Gasteiger charge is 2.12. The molecule has 3 aromatic heterocycles. The van der Waals surface area contributed by atoms with E-state index in [-0.39, 0.29) is 12.6 Å². The van der Waals surface area contributed by atoms with Crippen molar-refractivity contribution in [1.29, 1.82) is 0 Å². The van der Waals surface area contributed by atoms with E-state index >= 15 is 0 Å². The molecule has 27 heavy (non-hydrogen) atoms. The van der Waals surface area contributed by atoms with E-state index in [4.69, 9.17) is 4.52 Å². The van der Waals surface area contributed by atoms with E-state index in [1.807, 2.05) is 32.0 Å². The van der Waals surface area contributed by atoms with Crippen molar-refractivity contribution < 1.29 is 9.32 Å². The van der Waals surface area contributed by atoms with Gasteiger partial charge in [-0.25, -0.2) is 4.79 Å². The van der Waals surface area contributed by atoms with E-state index in [0.29, 0.717) is 18.0 Å². The smallest absolute Gasteiger partial charge is 0.317 e. The van der Waals surface area contributed by atoms with E-state index in [0.717, 1.165) is 29.9 Å². The van der Waals surface area contributed by atoms with Crippen molar-refractivity contribution in [3.05, 3.63) is 53.2 Å². The lowest BCUT2D eigenvalue weighted by Gasteiger charge is -2.17. The maximum Gasteiger partial charge on any atom is 0.317 e. The third-order valence-electron chi connectivity index (χ3n) is 4.45. The van der Waals surface area contributed by atoms with Crippen molar-refractivity contribution in [1.82, 2.24) is 30.6 Å². The molecule has 0 fully saturated rings. The molecule has 0 radical (unpaired) electrons. The summed E-state index contributed by atoms with van der Waals surface area (Å²) in [4.78, 5) is 18.1. The number of H-pyrrole nitrogens is 1. The van der Waals surface area contributed by atoms with E-state index in [1.165, 1.54) is 5.56 Å². The van der Waals surface area contributed by atoms with Crippen LogP contribution < -0.4 is 5.32 Å². The molecular weight excluding hydrogens is 344 g/mol. The van der Waals surface area contributed by atoms with Crippen LogP contribution >= 0.6 is 0 Å². The monoisotopic (exact) mass is 368 g/mol. The Kier molecular flexibility index (Phi) is 5.85. The molecule has 8 heteroatoms. The van der Waals surface area contributed by atoms with Crippen LogP contribution in [0.4, 0.5) is 4.79 Å². The SMILES string of the molecule is Cc1n[nH]c(C)c1CCCN(C)C(=O)NCc1cc(-c2ccccn2)no1. The molecule has 0 atom stereocenters. The number of hydrogen-bond acceptors (Lipinski definition) is 5. The summed E-state index contributed by atoms with van der Waals surface area (Å²) in [5, 5.41) is 14.0. The highest BCUT2D eigenvalue weighted by Crippen LogP contribution is 2.16. The van der Waals surface area contributed by atoms with E-state index < -0.39 is 0 Å². The highest BCUT2D eigenvalue weighted by atomic mass is 16.5.